The van der Waals surface area contributed by atoms with Crippen molar-refractivity contribution in [1.29, 1.82) is 0 Å². The zero-order chi connectivity index (χ0) is 24.8. The van der Waals surface area contributed by atoms with Gasteiger partial charge in [0, 0.05) is 23.9 Å². The van der Waals surface area contributed by atoms with Gasteiger partial charge >= 0.3 is 5.97 Å². The number of benzene rings is 2. The van der Waals surface area contributed by atoms with E-state index in [4.69, 9.17) is 4.74 Å². The lowest BCUT2D eigenvalue weighted by Crippen LogP contribution is -2.16. The van der Waals surface area contributed by atoms with Crippen LogP contribution in [0.1, 0.15) is 34.2 Å². The summed E-state index contributed by atoms with van der Waals surface area (Å²) in [5.74, 6) is 0.284. The van der Waals surface area contributed by atoms with Crippen LogP contribution >= 0.6 is 23.1 Å². The second kappa shape index (κ2) is 11.3. The summed E-state index contributed by atoms with van der Waals surface area (Å²) in [5, 5.41) is 14.5. The van der Waals surface area contributed by atoms with Gasteiger partial charge in [-0.15, -0.1) is 21.5 Å². The molecule has 0 aliphatic carbocycles. The number of aryl methyl sites for hydroxylation is 1. The fraction of sp³-hybridized carbons (Fsp3) is 0.231. The largest absolute Gasteiger partial charge is 0.465 e. The molecule has 1 amide bonds. The maximum absolute atomic E-state index is 12.8. The van der Waals surface area contributed by atoms with Crippen molar-refractivity contribution in [2.45, 2.75) is 32.0 Å². The van der Waals surface area contributed by atoms with Crippen LogP contribution in [-0.4, -0.2) is 39.5 Å². The molecule has 9 heteroatoms. The lowest BCUT2D eigenvalue weighted by Gasteiger charge is -2.09. The third-order valence-corrected chi connectivity index (χ3v) is 7.31. The Kier molecular flexibility index (Phi) is 7.99. The van der Waals surface area contributed by atoms with Gasteiger partial charge in [0.15, 0.2) is 5.16 Å². The predicted molar refractivity (Wildman–Crippen MR) is 140 cm³/mol. The number of hydrogen-bond donors (Lipinski definition) is 1. The molecule has 0 radical (unpaired) electrons. The normalized spacial score (nSPS) is 10.8. The van der Waals surface area contributed by atoms with E-state index in [0.29, 0.717) is 28.7 Å². The first-order valence-corrected chi connectivity index (χ1v) is 13.0. The molecule has 0 aliphatic rings. The molecule has 2 aromatic carbocycles. The molecular formula is C26H26N4O3S2. The molecular weight excluding hydrogens is 480 g/mol. The monoisotopic (exact) mass is 506 g/mol. The second-order valence-corrected chi connectivity index (χ2v) is 9.68. The van der Waals surface area contributed by atoms with Gasteiger partial charge in [-0.25, -0.2) is 4.79 Å². The van der Waals surface area contributed by atoms with Gasteiger partial charge < -0.3 is 14.6 Å². The molecule has 1 N–H and O–H groups in total. The number of thioether (sulfide) groups is 1. The Morgan fingerprint density at radius 3 is 2.51 bits per heavy atom. The molecule has 0 saturated carbocycles. The maximum Gasteiger partial charge on any atom is 0.341 e. The highest BCUT2D eigenvalue weighted by Crippen LogP contribution is 2.36. The van der Waals surface area contributed by atoms with E-state index in [0.717, 1.165) is 28.1 Å². The van der Waals surface area contributed by atoms with Crippen LogP contribution in [0.2, 0.25) is 0 Å². The first-order chi connectivity index (χ1) is 17.0. The summed E-state index contributed by atoms with van der Waals surface area (Å²) in [7, 11) is 1.34. The minimum absolute atomic E-state index is 0.141. The van der Waals surface area contributed by atoms with E-state index < -0.39 is 5.97 Å². The van der Waals surface area contributed by atoms with Crippen molar-refractivity contribution in [1.82, 2.24) is 14.8 Å². The van der Waals surface area contributed by atoms with Gasteiger partial charge in [0.2, 0.25) is 5.91 Å². The lowest BCUT2D eigenvalue weighted by molar-refractivity contribution is -0.113. The molecule has 2 aromatic heterocycles. The van der Waals surface area contributed by atoms with Gasteiger partial charge in [0.25, 0.3) is 0 Å². The van der Waals surface area contributed by atoms with E-state index >= 15 is 0 Å². The van der Waals surface area contributed by atoms with E-state index in [1.165, 1.54) is 30.2 Å². The van der Waals surface area contributed by atoms with E-state index in [1.54, 1.807) is 0 Å². The second-order valence-electron chi connectivity index (χ2n) is 7.85. The number of rotatable bonds is 9. The minimum atomic E-state index is -0.485. The molecule has 2 heterocycles. The fourth-order valence-corrected chi connectivity index (χ4v) is 5.44. The number of aromatic nitrogens is 3. The van der Waals surface area contributed by atoms with Crippen LogP contribution in [0.15, 0.2) is 65.1 Å². The van der Waals surface area contributed by atoms with Gasteiger partial charge in [-0.2, -0.15) is 0 Å². The van der Waals surface area contributed by atoms with Crippen molar-refractivity contribution in [3.8, 4) is 11.1 Å². The molecule has 4 rings (SSSR count). The topological polar surface area (TPSA) is 86.1 Å². The number of anilines is 1. The predicted octanol–water partition coefficient (Wildman–Crippen LogP) is 5.44. The number of nitrogens with zero attached hydrogens (tertiary/aromatic N) is 3. The van der Waals surface area contributed by atoms with Crippen LogP contribution in [0.3, 0.4) is 0 Å². The van der Waals surface area contributed by atoms with Crippen LogP contribution in [0.4, 0.5) is 5.00 Å². The number of carbonyl (C=O) groups is 2. The molecule has 0 fully saturated rings. The SMILES string of the molecule is CCn1c(Cc2ccccc2)nnc1SCC(=O)Nc1scc(-c2ccc(C)cc2)c1C(=O)OC. The van der Waals surface area contributed by atoms with Gasteiger partial charge in [-0.3, -0.25) is 4.79 Å². The molecule has 0 bridgehead atoms. The standard InChI is InChI=1S/C26H26N4O3S2/c1-4-30-21(14-18-8-6-5-7-9-18)28-29-26(30)35-16-22(31)27-24-23(25(32)33-3)20(15-34-24)19-12-10-17(2)11-13-19/h5-13,15H,4,14,16H2,1-3H3,(H,27,31). The van der Waals surface area contributed by atoms with Crippen LogP contribution in [-0.2, 0) is 22.5 Å². The van der Waals surface area contributed by atoms with Crippen molar-refractivity contribution in [2.75, 3.05) is 18.2 Å². The quantitative estimate of drug-likeness (QED) is 0.240. The number of carbonyl (C=O) groups excluding carboxylic acids is 2. The van der Waals surface area contributed by atoms with E-state index in [2.05, 4.69) is 27.6 Å². The molecule has 4 aromatic rings. The van der Waals surface area contributed by atoms with Crippen molar-refractivity contribution in [2.24, 2.45) is 0 Å². The molecule has 0 atom stereocenters. The van der Waals surface area contributed by atoms with Crippen molar-refractivity contribution < 1.29 is 14.3 Å². The highest BCUT2D eigenvalue weighted by molar-refractivity contribution is 7.99. The van der Waals surface area contributed by atoms with E-state index in [-0.39, 0.29) is 11.7 Å². The molecule has 35 heavy (non-hydrogen) atoms. The van der Waals surface area contributed by atoms with Crippen LogP contribution in [0.5, 0.6) is 0 Å². The summed E-state index contributed by atoms with van der Waals surface area (Å²) < 4.78 is 7.02. The highest BCUT2D eigenvalue weighted by atomic mass is 32.2. The highest BCUT2D eigenvalue weighted by Gasteiger charge is 2.23. The van der Waals surface area contributed by atoms with Gasteiger partial charge in [0.1, 0.15) is 16.4 Å². The molecule has 7 nitrogen and oxygen atoms in total. The smallest absolute Gasteiger partial charge is 0.341 e. The Balaban J connectivity index is 1.46. The van der Waals surface area contributed by atoms with Crippen molar-refractivity contribution >= 4 is 40.0 Å². The summed E-state index contributed by atoms with van der Waals surface area (Å²) in [6.45, 7) is 4.74. The Morgan fingerprint density at radius 1 is 1.09 bits per heavy atom. The third-order valence-electron chi connectivity index (χ3n) is 5.44. The molecule has 0 aliphatic heterocycles. The summed E-state index contributed by atoms with van der Waals surface area (Å²) in [5.41, 5.74) is 4.27. The molecule has 180 valence electrons. The van der Waals surface area contributed by atoms with Crippen LogP contribution in [0, 0.1) is 6.92 Å². The zero-order valence-corrected chi connectivity index (χ0v) is 21.4. The number of nitrogens with one attached hydrogen (secondary N) is 1. The summed E-state index contributed by atoms with van der Waals surface area (Å²) in [6, 6.07) is 18.0. The molecule has 0 spiro atoms. The Bertz CT molecular complexity index is 1310. The van der Waals surface area contributed by atoms with Crippen LogP contribution < -0.4 is 5.32 Å². The fourth-order valence-electron chi connectivity index (χ4n) is 3.65. The van der Waals surface area contributed by atoms with Gasteiger partial charge in [0.05, 0.1) is 12.9 Å². The average molecular weight is 507 g/mol. The summed E-state index contributed by atoms with van der Waals surface area (Å²) in [6.07, 6.45) is 0.675. The van der Waals surface area contributed by atoms with Crippen LogP contribution in [0.25, 0.3) is 11.1 Å². The lowest BCUT2D eigenvalue weighted by atomic mass is 10.0. The first-order valence-electron chi connectivity index (χ1n) is 11.2. The van der Waals surface area contributed by atoms with Crippen molar-refractivity contribution in [3.63, 3.8) is 0 Å². The van der Waals surface area contributed by atoms with Gasteiger partial charge in [-0.05, 0) is 25.0 Å². The number of amides is 1. The first kappa shape index (κ1) is 24.7. The third kappa shape index (κ3) is 5.80. The summed E-state index contributed by atoms with van der Waals surface area (Å²) in [4.78, 5) is 25.4. The van der Waals surface area contributed by atoms with E-state index in [1.807, 2.05) is 66.3 Å². The van der Waals surface area contributed by atoms with Gasteiger partial charge in [-0.1, -0.05) is 71.9 Å². The number of thiophene rings is 1. The van der Waals surface area contributed by atoms with Crippen molar-refractivity contribution in [3.05, 3.63) is 82.5 Å². The minimum Gasteiger partial charge on any atom is -0.465 e. The number of ether oxygens (including phenoxy) is 1. The Labute approximate surface area is 212 Å². The maximum atomic E-state index is 12.8. The Morgan fingerprint density at radius 2 is 1.83 bits per heavy atom. The van der Waals surface area contributed by atoms with E-state index in [9.17, 15) is 9.59 Å². The average Bonchev–Trinajstić information content (AvgIpc) is 3.47. The molecule has 0 unspecified atom stereocenters. The summed E-state index contributed by atoms with van der Waals surface area (Å²) >= 11 is 2.63. The number of esters is 1. The number of hydrogen-bond acceptors (Lipinski definition) is 7. The Hall–Kier alpha value is -3.43. The molecule has 0 saturated heterocycles. The number of methoxy groups -OCH3 is 1. The zero-order valence-electron chi connectivity index (χ0n) is 19.8.